The zero-order valence-corrected chi connectivity index (χ0v) is 14.6. The number of hydrogen-bond donors (Lipinski definition) is 1. The van der Waals surface area contributed by atoms with Crippen molar-refractivity contribution in [2.75, 3.05) is 19.0 Å². The molecule has 2 heterocycles. The molecule has 0 saturated carbocycles. The molecule has 5 heteroatoms. The zero-order valence-electron chi connectivity index (χ0n) is 14.6. The smallest absolute Gasteiger partial charge is 0.322 e. The molecule has 0 bridgehead atoms. The second-order valence-corrected chi connectivity index (χ2v) is 6.29. The van der Waals surface area contributed by atoms with Crippen LogP contribution < -0.4 is 10.1 Å². The van der Waals surface area contributed by atoms with Crippen molar-refractivity contribution in [3.05, 3.63) is 84.2 Å². The average molecular weight is 347 g/mol. The third kappa shape index (κ3) is 3.04. The maximum absolute atomic E-state index is 13.0. The maximum atomic E-state index is 13.0. The van der Waals surface area contributed by atoms with Crippen LogP contribution in [0, 0.1) is 0 Å². The summed E-state index contributed by atoms with van der Waals surface area (Å²) in [6.45, 7) is 1.45. The van der Waals surface area contributed by atoms with Gasteiger partial charge in [0.25, 0.3) is 0 Å². The van der Waals surface area contributed by atoms with Crippen LogP contribution in [-0.4, -0.2) is 29.2 Å². The summed E-state index contributed by atoms with van der Waals surface area (Å²) < 4.78 is 7.39. The Labute approximate surface area is 152 Å². The molecule has 0 spiro atoms. The van der Waals surface area contributed by atoms with Gasteiger partial charge in [-0.2, -0.15) is 0 Å². The normalized spacial score (nSPS) is 16.0. The molecule has 5 nitrogen and oxygen atoms in total. The van der Waals surface area contributed by atoms with Gasteiger partial charge in [-0.15, -0.1) is 0 Å². The number of carbonyl (C=O) groups excluding carboxylic acids is 1. The van der Waals surface area contributed by atoms with Crippen LogP contribution in [0.3, 0.4) is 0 Å². The predicted octanol–water partition coefficient (Wildman–Crippen LogP) is 4.13. The van der Waals surface area contributed by atoms with Crippen LogP contribution in [-0.2, 0) is 6.54 Å². The molecule has 132 valence electrons. The number of fused-ring (bicyclic) bond motifs is 1. The molecule has 0 aliphatic carbocycles. The monoisotopic (exact) mass is 347 g/mol. The summed E-state index contributed by atoms with van der Waals surface area (Å²) in [5.74, 6) is 0.765. The number of nitrogens with one attached hydrogen (secondary N) is 1. The number of methoxy groups -OCH3 is 1. The molecule has 3 aromatic rings. The first-order valence-corrected chi connectivity index (χ1v) is 8.68. The third-order valence-corrected chi connectivity index (χ3v) is 4.76. The minimum absolute atomic E-state index is 0.0989. The number of amides is 2. The number of aromatic nitrogens is 1. The van der Waals surface area contributed by atoms with Crippen LogP contribution >= 0.6 is 0 Å². The van der Waals surface area contributed by atoms with Gasteiger partial charge < -0.3 is 19.5 Å². The van der Waals surface area contributed by atoms with Crippen LogP contribution in [0.15, 0.2) is 72.9 Å². The van der Waals surface area contributed by atoms with Crippen LogP contribution in [0.2, 0.25) is 0 Å². The Kier molecular flexibility index (Phi) is 4.35. The van der Waals surface area contributed by atoms with Gasteiger partial charge in [0, 0.05) is 30.7 Å². The first-order chi connectivity index (χ1) is 12.8. The summed E-state index contributed by atoms with van der Waals surface area (Å²) in [6, 6.07) is 21.5. The van der Waals surface area contributed by atoms with Gasteiger partial charge in [-0.05, 0) is 42.0 Å². The second-order valence-electron chi connectivity index (χ2n) is 6.29. The first kappa shape index (κ1) is 16.3. The van der Waals surface area contributed by atoms with Gasteiger partial charge in [-0.25, -0.2) is 4.79 Å². The number of nitrogens with zero attached hydrogens (tertiary/aromatic N) is 2. The standard InChI is InChI=1S/C21H21N3O2/c1-26-18-11-9-17(10-12-18)22-21(25)24-15-14-23-13-5-8-19(23)20(24)16-6-3-2-4-7-16/h2-13,20H,14-15H2,1H3,(H,22,25)/t20-/m0/s1. The van der Waals surface area contributed by atoms with Crippen molar-refractivity contribution in [2.24, 2.45) is 0 Å². The lowest BCUT2D eigenvalue weighted by atomic mass is 10.0. The Morgan fingerprint density at radius 2 is 1.77 bits per heavy atom. The number of ether oxygens (including phenoxy) is 1. The largest absolute Gasteiger partial charge is 0.497 e. The van der Waals surface area contributed by atoms with Crippen LogP contribution in [0.5, 0.6) is 5.75 Å². The number of benzene rings is 2. The van der Waals surface area contributed by atoms with E-state index in [1.807, 2.05) is 53.4 Å². The van der Waals surface area contributed by atoms with Gasteiger partial charge >= 0.3 is 6.03 Å². The minimum Gasteiger partial charge on any atom is -0.497 e. The van der Waals surface area contributed by atoms with Crippen LogP contribution in [0.1, 0.15) is 17.3 Å². The molecule has 1 aromatic heterocycles. The fraction of sp³-hybridized carbons (Fsp3) is 0.190. The quantitative estimate of drug-likeness (QED) is 0.774. The van der Waals surface area contributed by atoms with Crippen LogP contribution in [0.4, 0.5) is 10.5 Å². The summed E-state index contributed by atoms with van der Waals surface area (Å²) >= 11 is 0. The van der Waals surface area contributed by atoms with E-state index in [0.717, 1.165) is 29.2 Å². The zero-order chi connectivity index (χ0) is 17.9. The van der Waals surface area contributed by atoms with Crippen molar-refractivity contribution in [2.45, 2.75) is 12.6 Å². The Morgan fingerprint density at radius 1 is 1.00 bits per heavy atom. The lowest BCUT2D eigenvalue weighted by molar-refractivity contribution is 0.182. The Bertz CT molecular complexity index is 887. The molecule has 2 aromatic carbocycles. The second kappa shape index (κ2) is 6.96. The van der Waals surface area contributed by atoms with E-state index in [2.05, 4.69) is 34.3 Å². The summed E-state index contributed by atoms with van der Waals surface area (Å²) in [6.07, 6.45) is 2.07. The van der Waals surface area contributed by atoms with Gasteiger partial charge in [0.05, 0.1) is 13.2 Å². The molecule has 4 rings (SSSR count). The highest BCUT2D eigenvalue weighted by molar-refractivity contribution is 5.90. The van der Waals surface area contributed by atoms with Gasteiger partial charge in [-0.3, -0.25) is 0 Å². The Morgan fingerprint density at radius 3 is 2.50 bits per heavy atom. The van der Waals surface area contributed by atoms with E-state index in [4.69, 9.17) is 4.74 Å². The SMILES string of the molecule is COc1ccc(NC(=O)N2CCn3cccc3[C@@H]2c2ccccc2)cc1. The summed E-state index contributed by atoms with van der Waals surface area (Å²) in [5, 5.41) is 3.01. The Balaban J connectivity index is 1.62. The highest BCUT2D eigenvalue weighted by Crippen LogP contribution is 2.32. The number of anilines is 1. The number of carbonyl (C=O) groups is 1. The van der Waals surface area contributed by atoms with E-state index in [0.29, 0.717) is 6.54 Å². The van der Waals surface area contributed by atoms with E-state index in [1.54, 1.807) is 7.11 Å². The van der Waals surface area contributed by atoms with Crippen molar-refractivity contribution < 1.29 is 9.53 Å². The van der Waals surface area contributed by atoms with E-state index >= 15 is 0 Å². The first-order valence-electron chi connectivity index (χ1n) is 8.68. The molecular weight excluding hydrogens is 326 g/mol. The van der Waals surface area contributed by atoms with Crippen molar-refractivity contribution in [1.29, 1.82) is 0 Å². The average Bonchev–Trinajstić information content (AvgIpc) is 3.17. The van der Waals surface area contributed by atoms with Crippen molar-refractivity contribution >= 4 is 11.7 Å². The molecule has 1 atom stereocenters. The molecule has 0 unspecified atom stereocenters. The molecule has 0 fully saturated rings. The van der Waals surface area contributed by atoms with Gasteiger partial charge in [0.1, 0.15) is 5.75 Å². The van der Waals surface area contributed by atoms with E-state index in [-0.39, 0.29) is 12.1 Å². The van der Waals surface area contributed by atoms with E-state index in [1.165, 1.54) is 0 Å². The molecule has 1 aliphatic rings. The fourth-order valence-electron chi connectivity index (χ4n) is 3.46. The molecule has 1 aliphatic heterocycles. The van der Waals surface area contributed by atoms with E-state index < -0.39 is 0 Å². The summed E-state index contributed by atoms with van der Waals surface area (Å²) in [5.41, 5.74) is 2.99. The summed E-state index contributed by atoms with van der Waals surface area (Å²) in [4.78, 5) is 14.9. The molecule has 0 radical (unpaired) electrons. The van der Waals surface area contributed by atoms with Gasteiger partial charge in [0.2, 0.25) is 0 Å². The number of urea groups is 1. The maximum Gasteiger partial charge on any atom is 0.322 e. The lowest BCUT2D eigenvalue weighted by Gasteiger charge is -2.37. The highest BCUT2D eigenvalue weighted by Gasteiger charge is 2.32. The summed E-state index contributed by atoms with van der Waals surface area (Å²) in [7, 11) is 1.63. The highest BCUT2D eigenvalue weighted by atomic mass is 16.5. The number of hydrogen-bond acceptors (Lipinski definition) is 2. The molecule has 26 heavy (non-hydrogen) atoms. The van der Waals surface area contributed by atoms with Crippen molar-refractivity contribution in [1.82, 2.24) is 9.47 Å². The topological polar surface area (TPSA) is 46.5 Å². The number of rotatable bonds is 3. The lowest BCUT2D eigenvalue weighted by Crippen LogP contribution is -2.44. The molecule has 1 N–H and O–H groups in total. The molecule has 0 saturated heterocycles. The minimum atomic E-state index is -0.100. The molecular formula is C21H21N3O2. The molecule has 2 amide bonds. The predicted molar refractivity (Wildman–Crippen MR) is 101 cm³/mol. The fourth-order valence-corrected chi connectivity index (χ4v) is 3.46. The van der Waals surface area contributed by atoms with Crippen LogP contribution in [0.25, 0.3) is 0 Å². The van der Waals surface area contributed by atoms with Gasteiger partial charge in [-0.1, -0.05) is 30.3 Å². The van der Waals surface area contributed by atoms with Crippen molar-refractivity contribution in [3.8, 4) is 5.75 Å². The van der Waals surface area contributed by atoms with Gasteiger partial charge in [0.15, 0.2) is 0 Å². The Hall–Kier alpha value is -3.21. The third-order valence-electron chi connectivity index (χ3n) is 4.76. The van der Waals surface area contributed by atoms with E-state index in [9.17, 15) is 4.79 Å². The van der Waals surface area contributed by atoms with Crippen molar-refractivity contribution in [3.63, 3.8) is 0 Å².